The molecule has 5 heteroatoms. The molecule has 0 aliphatic carbocycles. The molecule has 0 bridgehead atoms. The standard InChI is InChI=1S/C14H10Br2O2S/c15-12-7-10(14(16)19-12)13(17)9-5-6-18-11-4-2-1-3-8(9)11/h1-4,7,9H,5-6H2. The van der Waals surface area contributed by atoms with Crippen LogP contribution in [0.2, 0.25) is 0 Å². The summed E-state index contributed by atoms with van der Waals surface area (Å²) in [6.45, 7) is 0.594. The molecule has 98 valence electrons. The highest BCUT2D eigenvalue weighted by Crippen LogP contribution is 2.39. The van der Waals surface area contributed by atoms with Gasteiger partial charge in [0.15, 0.2) is 5.78 Å². The number of halogens is 2. The molecule has 1 aliphatic rings. The zero-order valence-electron chi connectivity index (χ0n) is 9.86. The van der Waals surface area contributed by atoms with Crippen LogP contribution in [-0.2, 0) is 0 Å². The van der Waals surface area contributed by atoms with Crippen molar-refractivity contribution in [2.45, 2.75) is 12.3 Å². The highest BCUT2D eigenvalue weighted by molar-refractivity contribution is 9.12. The zero-order valence-corrected chi connectivity index (χ0v) is 13.8. The monoisotopic (exact) mass is 400 g/mol. The van der Waals surface area contributed by atoms with Crippen molar-refractivity contribution in [2.24, 2.45) is 0 Å². The van der Waals surface area contributed by atoms with Crippen molar-refractivity contribution < 1.29 is 9.53 Å². The van der Waals surface area contributed by atoms with Crippen LogP contribution in [0.15, 0.2) is 37.9 Å². The summed E-state index contributed by atoms with van der Waals surface area (Å²) in [4.78, 5) is 12.7. The van der Waals surface area contributed by atoms with Gasteiger partial charge in [0, 0.05) is 11.1 Å². The minimum atomic E-state index is -0.109. The lowest BCUT2D eigenvalue weighted by Crippen LogP contribution is -2.21. The van der Waals surface area contributed by atoms with Gasteiger partial charge >= 0.3 is 0 Å². The van der Waals surface area contributed by atoms with Gasteiger partial charge in [-0.2, -0.15) is 0 Å². The second-order valence-corrected chi connectivity index (χ2v) is 8.08. The number of carbonyl (C=O) groups is 1. The Balaban J connectivity index is 2.00. The van der Waals surface area contributed by atoms with Crippen LogP contribution in [0, 0.1) is 0 Å². The molecule has 1 atom stereocenters. The number of thiophene rings is 1. The third-order valence-electron chi connectivity index (χ3n) is 3.20. The first-order chi connectivity index (χ1) is 9.16. The van der Waals surface area contributed by atoms with E-state index >= 15 is 0 Å². The third-order valence-corrected chi connectivity index (χ3v) is 5.54. The smallest absolute Gasteiger partial charge is 0.172 e. The molecule has 2 heterocycles. The minimum Gasteiger partial charge on any atom is -0.493 e. The maximum atomic E-state index is 12.7. The number of hydrogen-bond acceptors (Lipinski definition) is 3. The number of ketones is 1. The van der Waals surface area contributed by atoms with Crippen molar-refractivity contribution >= 4 is 49.0 Å². The van der Waals surface area contributed by atoms with E-state index < -0.39 is 0 Å². The van der Waals surface area contributed by atoms with Gasteiger partial charge in [-0.15, -0.1) is 11.3 Å². The molecule has 0 fully saturated rings. The number of Topliss-reactive ketones (excluding diaryl/α,β-unsaturated/α-hetero) is 1. The molecule has 1 aliphatic heterocycles. The number of benzene rings is 1. The second-order valence-electron chi connectivity index (χ2n) is 4.33. The normalized spacial score (nSPS) is 17.7. The third kappa shape index (κ3) is 2.51. The Bertz CT molecular complexity index is 636. The average Bonchev–Trinajstić information content (AvgIpc) is 2.76. The molecule has 1 aromatic carbocycles. The van der Waals surface area contributed by atoms with E-state index in [1.54, 1.807) is 0 Å². The van der Waals surface area contributed by atoms with Gasteiger partial charge in [-0.25, -0.2) is 0 Å². The Labute approximate surface area is 132 Å². The van der Waals surface area contributed by atoms with E-state index in [-0.39, 0.29) is 11.7 Å². The molecule has 1 unspecified atom stereocenters. The predicted molar refractivity (Wildman–Crippen MR) is 83.3 cm³/mol. The van der Waals surface area contributed by atoms with Crippen LogP contribution in [0.3, 0.4) is 0 Å². The molecule has 19 heavy (non-hydrogen) atoms. The summed E-state index contributed by atoms with van der Waals surface area (Å²) < 4.78 is 7.45. The molecule has 0 radical (unpaired) electrons. The maximum absolute atomic E-state index is 12.7. The van der Waals surface area contributed by atoms with E-state index in [4.69, 9.17) is 4.74 Å². The quantitative estimate of drug-likeness (QED) is 0.660. The van der Waals surface area contributed by atoms with E-state index in [0.29, 0.717) is 6.61 Å². The molecule has 0 amide bonds. The van der Waals surface area contributed by atoms with Crippen LogP contribution < -0.4 is 4.74 Å². The molecule has 1 aromatic heterocycles. The number of ether oxygens (including phenoxy) is 1. The van der Waals surface area contributed by atoms with Gasteiger partial charge in [0.25, 0.3) is 0 Å². The molecular weight excluding hydrogens is 392 g/mol. The van der Waals surface area contributed by atoms with Crippen molar-refractivity contribution in [3.05, 3.63) is 49.0 Å². The minimum absolute atomic E-state index is 0.109. The molecule has 2 nitrogen and oxygen atoms in total. The first-order valence-corrected chi connectivity index (χ1v) is 8.28. The number of hydrogen-bond donors (Lipinski definition) is 0. The highest BCUT2D eigenvalue weighted by Gasteiger charge is 2.29. The molecule has 3 rings (SSSR count). The van der Waals surface area contributed by atoms with Crippen LogP contribution in [-0.4, -0.2) is 12.4 Å². The fourth-order valence-corrected chi connectivity index (χ4v) is 5.13. The lowest BCUT2D eigenvalue weighted by molar-refractivity contribution is 0.0933. The van der Waals surface area contributed by atoms with Gasteiger partial charge in [0.1, 0.15) is 5.75 Å². The van der Waals surface area contributed by atoms with Gasteiger partial charge in [-0.05, 0) is 50.4 Å². The van der Waals surface area contributed by atoms with E-state index in [9.17, 15) is 4.79 Å². The Morgan fingerprint density at radius 2 is 2.11 bits per heavy atom. The first kappa shape index (κ1) is 13.3. The largest absolute Gasteiger partial charge is 0.493 e. The fourth-order valence-electron chi connectivity index (χ4n) is 2.31. The van der Waals surface area contributed by atoms with Gasteiger partial charge in [-0.3, -0.25) is 4.79 Å². The van der Waals surface area contributed by atoms with Gasteiger partial charge in [0.05, 0.1) is 20.1 Å². The first-order valence-electron chi connectivity index (χ1n) is 5.87. The van der Waals surface area contributed by atoms with Crippen molar-refractivity contribution in [2.75, 3.05) is 6.61 Å². The summed E-state index contributed by atoms with van der Waals surface area (Å²) >= 11 is 8.40. The summed E-state index contributed by atoms with van der Waals surface area (Å²) in [6.07, 6.45) is 0.732. The number of carbonyl (C=O) groups excluding carboxylic acids is 1. The molecule has 0 spiro atoms. The molecule has 0 saturated carbocycles. The van der Waals surface area contributed by atoms with Crippen LogP contribution in [0.4, 0.5) is 0 Å². The van der Waals surface area contributed by atoms with Crippen molar-refractivity contribution in [3.63, 3.8) is 0 Å². The van der Waals surface area contributed by atoms with E-state index in [0.717, 1.165) is 30.9 Å². The average molecular weight is 402 g/mol. The van der Waals surface area contributed by atoms with E-state index in [2.05, 4.69) is 31.9 Å². The zero-order chi connectivity index (χ0) is 13.4. The van der Waals surface area contributed by atoms with Gasteiger partial charge < -0.3 is 4.74 Å². The topological polar surface area (TPSA) is 26.3 Å². The van der Waals surface area contributed by atoms with Crippen molar-refractivity contribution in [1.29, 1.82) is 0 Å². The van der Waals surface area contributed by atoms with Crippen molar-refractivity contribution in [1.82, 2.24) is 0 Å². The summed E-state index contributed by atoms with van der Waals surface area (Å²) in [5.74, 6) is 0.879. The molecule has 2 aromatic rings. The van der Waals surface area contributed by atoms with Gasteiger partial charge in [-0.1, -0.05) is 18.2 Å². The molecular formula is C14H10Br2O2S. The summed E-state index contributed by atoms with van der Waals surface area (Å²) in [5, 5.41) is 0. The second kappa shape index (κ2) is 5.38. The lowest BCUT2D eigenvalue weighted by Gasteiger charge is -2.24. The summed E-state index contributed by atoms with van der Waals surface area (Å²) in [5.41, 5.74) is 1.74. The summed E-state index contributed by atoms with van der Waals surface area (Å²) in [7, 11) is 0. The Kier molecular flexibility index (Phi) is 3.78. The lowest BCUT2D eigenvalue weighted by atomic mass is 9.87. The predicted octanol–water partition coefficient (Wildman–Crippen LogP) is 5.02. The Morgan fingerprint density at radius 3 is 2.84 bits per heavy atom. The molecule has 0 saturated heterocycles. The fraction of sp³-hybridized carbons (Fsp3) is 0.214. The van der Waals surface area contributed by atoms with Crippen LogP contribution in [0.1, 0.15) is 28.3 Å². The van der Waals surface area contributed by atoms with E-state index in [1.165, 1.54) is 11.3 Å². The van der Waals surface area contributed by atoms with E-state index in [1.807, 2.05) is 30.3 Å². The van der Waals surface area contributed by atoms with Crippen molar-refractivity contribution in [3.8, 4) is 5.75 Å². The Hall–Kier alpha value is -0.650. The number of fused-ring (bicyclic) bond motifs is 1. The van der Waals surface area contributed by atoms with Crippen LogP contribution >= 0.6 is 43.2 Å². The SMILES string of the molecule is O=C(c1cc(Br)sc1Br)C1CCOc2ccccc21. The highest BCUT2D eigenvalue weighted by atomic mass is 79.9. The van der Waals surface area contributed by atoms with Crippen LogP contribution in [0.25, 0.3) is 0 Å². The maximum Gasteiger partial charge on any atom is 0.172 e. The molecule has 0 N–H and O–H groups in total. The number of rotatable bonds is 2. The van der Waals surface area contributed by atoms with Crippen LogP contribution in [0.5, 0.6) is 5.75 Å². The van der Waals surface area contributed by atoms with Gasteiger partial charge in [0.2, 0.25) is 0 Å². The Morgan fingerprint density at radius 1 is 1.32 bits per heavy atom. The summed E-state index contributed by atoms with van der Waals surface area (Å²) in [6, 6.07) is 9.67. The number of para-hydroxylation sites is 1.